The molecule has 1 aromatic carbocycles. The van der Waals surface area contributed by atoms with Crippen LogP contribution in [0.5, 0.6) is 5.75 Å². The van der Waals surface area contributed by atoms with Crippen molar-refractivity contribution in [3.05, 3.63) is 51.4 Å². The van der Waals surface area contributed by atoms with Gasteiger partial charge in [0.15, 0.2) is 0 Å². The number of nitrogens with zero attached hydrogens (tertiary/aromatic N) is 2. The summed E-state index contributed by atoms with van der Waals surface area (Å²) in [7, 11) is 0. The molecule has 100 valence electrons. The number of nitrogens with two attached hydrogens (primary N) is 1. The molecule has 0 amide bonds. The molecule has 0 aliphatic carbocycles. The third-order valence-electron chi connectivity index (χ3n) is 2.53. The van der Waals surface area contributed by atoms with Crippen LogP contribution in [0.1, 0.15) is 17.0 Å². The minimum absolute atomic E-state index is 0.00918. The maximum Gasteiger partial charge on any atom is 0.270 e. The molecule has 0 atom stereocenters. The van der Waals surface area contributed by atoms with E-state index in [4.69, 9.17) is 15.0 Å². The minimum Gasteiger partial charge on any atom is -0.487 e. The van der Waals surface area contributed by atoms with E-state index in [0.717, 1.165) is 0 Å². The fraction of sp³-hybridized carbons (Fsp3) is 0.250. The maximum absolute atomic E-state index is 10.7. The van der Waals surface area contributed by atoms with Gasteiger partial charge in [-0.15, -0.1) is 0 Å². The molecule has 7 heteroatoms. The van der Waals surface area contributed by atoms with Gasteiger partial charge in [0.2, 0.25) is 0 Å². The van der Waals surface area contributed by atoms with Gasteiger partial charge in [-0.1, -0.05) is 5.16 Å². The molecule has 2 aromatic rings. The van der Waals surface area contributed by atoms with Gasteiger partial charge >= 0.3 is 0 Å². The largest absolute Gasteiger partial charge is 0.487 e. The van der Waals surface area contributed by atoms with E-state index in [1.54, 1.807) is 13.0 Å². The first-order valence-electron chi connectivity index (χ1n) is 5.62. The van der Waals surface area contributed by atoms with Gasteiger partial charge in [-0.05, 0) is 13.0 Å². The van der Waals surface area contributed by atoms with E-state index in [1.165, 1.54) is 18.2 Å². The molecule has 0 spiro atoms. The van der Waals surface area contributed by atoms with E-state index in [-0.39, 0.29) is 18.8 Å². The van der Waals surface area contributed by atoms with E-state index >= 15 is 0 Å². The number of benzene rings is 1. The van der Waals surface area contributed by atoms with Crippen molar-refractivity contribution in [3.63, 3.8) is 0 Å². The molecule has 0 saturated carbocycles. The van der Waals surface area contributed by atoms with Crippen LogP contribution in [0.25, 0.3) is 0 Å². The number of nitro groups is 1. The molecule has 0 unspecified atom stereocenters. The van der Waals surface area contributed by atoms with Gasteiger partial charge < -0.3 is 15.0 Å². The molecule has 19 heavy (non-hydrogen) atoms. The second-order valence-corrected chi connectivity index (χ2v) is 3.97. The molecule has 0 radical (unpaired) electrons. The van der Waals surface area contributed by atoms with Crippen molar-refractivity contribution < 1.29 is 14.2 Å². The van der Waals surface area contributed by atoms with E-state index in [9.17, 15) is 10.1 Å². The van der Waals surface area contributed by atoms with Crippen LogP contribution in [-0.4, -0.2) is 10.1 Å². The van der Waals surface area contributed by atoms with Crippen LogP contribution in [0.15, 0.2) is 28.8 Å². The first-order chi connectivity index (χ1) is 9.10. The first-order valence-corrected chi connectivity index (χ1v) is 5.62. The number of ether oxygens (including phenoxy) is 1. The lowest BCUT2D eigenvalue weighted by Crippen LogP contribution is -2.04. The zero-order valence-corrected chi connectivity index (χ0v) is 10.3. The molecule has 2 rings (SSSR count). The van der Waals surface area contributed by atoms with Gasteiger partial charge in [0, 0.05) is 30.3 Å². The lowest BCUT2D eigenvalue weighted by molar-refractivity contribution is -0.384. The van der Waals surface area contributed by atoms with E-state index in [1.807, 2.05) is 0 Å². The molecule has 0 aliphatic heterocycles. The van der Waals surface area contributed by atoms with Crippen molar-refractivity contribution >= 4 is 5.69 Å². The molecule has 0 bridgehead atoms. The van der Waals surface area contributed by atoms with Crippen LogP contribution in [-0.2, 0) is 13.2 Å². The van der Waals surface area contributed by atoms with Crippen molar-refractivity contribution in [2.45, 2.75) is 20.1 Å². The summed E-state index contributed by atoms with van der Waals surface area (Å²) >= 11 is 0. The molecule has 0 fully saturated rings. The molecule has 7 nitrogen and oxygen atoms in total. The smallest absolute Gasteiger partial charge is 0.270 e. The van der Waals surface area contributed by atoms with Gasteiger partial charge in [0.1, 0.15) is 23.8 Å². The lowest BCUT2D eigenvalue weighted by atomic mass is 10.2. The van der Waals surface area contributed by atoms with Crippen LogP contribution in [0.2, 0.25) is 0 Å². The molecular weight excluding hydrogens is 250 g/mol. The fourth-order valence-electron chi connectivity index (χ4n) is 1.62. The highest BCUT2D eigenvalue weighted by Crippen LogP contribution is 2.24. The molecule has 0 aliphatic rings. The lowest BCUT2D eigenvalue weighted by Gasteiger charge is -2.08. The van der Waals surface area contributed by atoms with Crippen LogP contribution in [0, 0.1) is 17.0 Å². The Morgan fingerprint density at radius 1 is 1.47 bits per heavy atom. The van der Waals surface area contributed by atoms with Crippen LogP contribution in [0.4, 0.5) is 5.69 Å². The zero-order valence-electron chi connectivity index (χ0n) is 10.3. The number of nitro benzene ring substituents is 1. The second kappa shape index (κ2) is 5.49. The Bertz CT molecular complexity index is 594. The standard InChI is InChI=1S/C12H13N3O4/c1-8-4-10(14-19-8)7-18-12-3-2-11(15(16)17)5-9(12)6-13/h2-5H,6-7,13H2,1H3. The van der Waals surface area contributed by atoms with Gasteiger partial charge in [0.25, 0.3) is 5.69 Å². The van der Waals surface area contributed by atoms with Crippen molar-refractivity contribution in [1.82, 2.24) is 5.16 Å². The van der Waals surface area contributed by atoms with E-state index in [0.29, 0.717) is 22.8 Å². The van der Waals surface area contributed by atoms with Gasteiger partial charge in [-0.2, -0.15) is 0 Å². The molecule has 1 heterocycles. The van der Waals surface area contributed by atoms with Crippen molar-refractivity contribution in [1.29, 1.82) is 0 Å². The minimum atomic E-state index is -0.468. The highest BCUT2D eigenvalue weighted by Gasteiger charge is 2.11. The van der Waals surface area contributed by atoms with Gasteiger partial charge in [-0.3, -0.25) is 10.1 Å². The normalized spacial score (nSPS) is 10.4. The summed E-state index contributed by atoms with van der Waals surface area (Å²) in [4.78, 5) is 10.2. The summed E-state index contributed by atoms with van der Waals surface area (Å²) in [6.07, 6.45) is 0. The molecule has 1 aromatic heterocycles. The SMILES string of the molecule is Cc1cc(COc2ccc([N+](=O)[O-])cc2CN)no1. The Balaban J connectivity index is 2.13. The number of hydrogen-bond donors (Lipinski definition) is 1. The third kappa shape index (κ3) is 3.08. The second-order valence-electron chi connectivity index (χ2n) is 3.97. The summed E-state index contributed by atoms with van der Waals surface area (Å²) in [5, 5.41) is 14.5. The summed E-state index contributed by atoms with van der Waals surface area (Å²) in [6.45, 7) is 2.17. The van der Waals surface area contributed by atoms with Crippen LogP contribution < -0.4 is 10.5 Å². The van der Waals surface area contributed by atoms with E-state index < -0.39 is 4.92 Å². The first kappa shape index (κ1) is 13.0. The predicted octanol–water partition coefficient (Wildman–Crippen LogP) is 1.93. The van der Waals surface area contributed by atoms with Crippen LogP contribution >= 0.6 is 0 Å². The maximum atomic E-state index is 10.7. The molecular formula is C12H13N3O4. The summed E-state index contributed by atoms with van der Waals surface area (Å²) in [5.74, 6) is 1.20. The Morgan fingerprint density at radius 2 is 2.26 bits per heavy atom. The average molecular weight is 263 g/mol. The Labute approximate surface area is 109 Å². The summed E-state index contributed by atoms with van der Waals surface area (Å²) in [5.41, 5.74) is 6.78. The average Bonchev–Trinajstić information content (AvgIpc) is 2.81. The topological polar surface area (TPSA) is 104 Å². The highest BCUT2D eigenvalue weighted by molar-refractivity contribution is 5.43. The monoisotopic (exact) mass is 263 g/mol. The quantitative estimate of drug-likeness (QED) is 0.652. The Morgan fingerprint density at radius 3 is 2.84 bits per heavy atom. The van der Waals surface area contributed by atoms with E-state index in [2.05, 4.69) is 5.16 Å². The van der Waals surface area contributed by atoms with Crippen LogP contribution in [0.3, 0.4) is 0 Å². The predicted molar refractivity (Wildman–Crippen MR) is 66.6 cm³/mol. The highest BCUT2D eigenvalue weighted by atomic mass is 16.6. The Hall–Kier alpha value is -2.41. The molecule has 2 N–H and O–H groups in total. The van der Waals surface area contributed by atoms with Crippen molar-refractivity contribution in [2.24, 2.45) is 5.73 Å². The molecule has 0 saturated heterocycles. The number of rotatable bonds is 5. The summed E-state index contributed by atoms with van der Waals surface area (Å²) in [6, 6.07) is 6.08. The van der Waals surface area contributed by atoms with Crippen molar-refractivity contribution in [2.75, 3.05) is 0 Å². The number of hydrogen-bond acceptors (Lipinski definition) is 6. The fourth-order valence-corrected chi connectivity index (χ4v) is 1.62. The van der Waals surface area contributed by atoms with Crippen molar-refractivity contribution in [3.8, 4) is 5.75 Å². The number of non-ortho nitro benzene ring substituents is 1. The number of aryl methyl sites for hydroxylation is 1. The zero-order chi connectivity index (χ0) is 13.8. The third-order valence-corrected chi connectivity index (χ3v) is 2.53. The summed E-state index contributed by atoms with van der Waals surface area (Å²) < 4.78 is 10.5. The number of aromatic nitrogens is 1. The van der Waals surface area contributed by atoms with Gasteiger partial charge in [-0.25, -0.2) is 0 Å². The van der Waals surface area contributed by atoms with Gasteiger partial charge in [0.05, 0.1) is 4.92 Å². The Kier molecular flexibility index (Phi) is 3.76.